The summed E-state index contributed by atoms with van der Waals surface area (Å²) >= 11 is 1.62. The second kappa shape index (κ2) is 5.70. The highest BCUT2D eigenvalue weighted by atomic mass is 32.2. The van der Waals surface area contributed by atoms with Crippen LogP contribution in [0.25, 0.3) is 0 Å². The number of fused-ring (bicyclic) bond motifs is 2. The first-order valence-electron chi connectivity index (χ1n) is 7.15. The SMILES string of the molecule is COc1cc2c(cc1OC)SC(c1ccc3c(c1)OCO3)=NC2. The molecule has 0 saturated heterocycles. The fraction of sp³-hybridized carbons (Fsp3) is 0.235. The van der Waals surface area contributed by atoms with Crippen molar-refractivity contribution in [2.45, 2.75) is 11.4 Å². The molecule has 0 atom stereocenters. The van der Waals surface area contributed by atoms with E-state index < -0.39 is 0 Å². The summed E-state index contributed by atoms with van der Waals surface area (Å²) in [6.45, 7) is 0.894. The van der Waals surface area contributed by atoms with Crippen LogP contribution in [0.1, 0.15) is 11.1 Å². The van der Waals surface area contributed by atoms with Gasteiger partial charge in [-0.05, 0) is 35.9 Å². The molecule has 118 valence electrons. The Morgan fingerprint density at radius 3 is 2.61 bits per heavy atom. The van der Waals surface area contributed by atoms with E-state index in [1.54, 1.807) is 26.0 Å². The molecule has 2 heterocycles. The number of benzene rings is 2. The number of methoxy groups -OCH3 is 2. The predicted octanol–water partition coefficient (Wildman–Crippen LogP) is 3.49. The maximum atomic E-state index is 5.44. The van der Waals surface area contributed by atoms with Crippen molar-refractivity contribution in [3.05, 3.63) is 41.5 Å². The second-order valence-corrected chi connectivity index (χ2v) is 6.14. The Balaban J connectivity index is 1.67. The van der Waals surface area contributed by atoms with Gasteiger partial charge in [0, 0.05) is 10.5 Å². The van der Waals surface area contributed by atoms with Gasteiger partial charge in [0.2, 0.25) is 6.79 Å². The monoisotopic (exact) mass is 329 g/mol. The van der Waals surface area contributed by atoms with Crippen LogP contribution in [0.3, 0.4) is 0 Å². The number of nitrogens with zero attached hydrogens (tertiary/aromatic N) is 1. The van der Waals surface area contributed by atoms with E-state index in [9.17, 15) is 0 Å². The lowest BCUT2D eigenvalue weighted by Crippen LogP contribution is -2.05. The number of hydrogen-bond donors (Lipinski definition) is 0. The molecule has 6 heteroatoms. The quantitative estimate of drug-likeness (QED) is 0.863. The van der Waals surface area contributed by atoms with E-state index in [1.165, 1.54) is 0 Å². The molecule has 0 bridgehead atoms. The third kappa shape index (κ3) is 2.49. The molecule has 0 spiro atoms. The zero-order valence-corrected chi connectivity index (χ0v) is 13.6. The van der Waals surface area contributed by atoms with Gasteiger partial charge in [-0.1, -0.05) is 11.8 Å². The van der Waals surface area contributed by atoms with Gasteiger partial charge >= 0.3 is 0 Å². The van der Waals surface area contributed by atoms with Crippen LogP contribution in [0.2, 0.25) is 0 Å². The Kier molecular flexibility index (Phi) is 3.53. The van der Waals surface area contributed by atoms with Crippen LogP contribution in [-0.2, 0) is 6.54 Å². The molecule has 23 heavy (non-hydrogen) atoms. The topological polar surface area (TPSA) is 49.3 Å². The van der Waals surface area contributed by atoms with Crippen LogP contribution < -0.4 is 18.9 Å². The highest BCUT2D eigenvalue weighted by Gasteiger charge is 2.21. The third-order valence-corrected chi connectivity index (χ3v) is 4.94. The maximum Gasteiger partial charge on any atom is 0.231 e. The Bertz CT molecular complexity index is 803. The van der Waals surface area contributed by atoms with Crippen LogP contribution in [-0.4, -0.2) is 26.1 Å². The normalized spacial score (nSPS) is 15.0. The van der Waals surface area contributed by atoms with Crippen LogP contribution in [0.5, 0.6) is 23.0 Å². The lowest BCUT2D eigenvalue weighted by Gasteiger charge is -2.18. The van der Waals surface area contributed by atoms with E-state index in [4.69, 9.17) is 18.9 Å². The molecule has 2 aliphatic rings. The maximum absolute atomic E-state index is 5.44. The molecule has 0 aromatic heterocycles. The van der Waals surface area contributed by atoms with Gasteiger partial charge in [0.05, 0.1) is 20.8 Å². The summed E-state index contributed by atoms with van der Waals surface area (Å²) in [5.74, 6) is 3.00. The summed E-state index contributed by atoms with van der Waals surface area (Å²) in [6.07, 6.45) is 0. The molecule has 0 saturated carbocycles. The van der Waals surface area contributed by atoms with Gasteiger partial charge < -0.3 is 18.9 Å². The molecular weight excluding hydrogens is 314 g/mol. The van der Waals surface area contributed by atoms with Gasteiger partial charge in [-0.25, -0.2) is 0 Å². The lowest BCUT2D eigenvalue weighted by atomic mass is 10.2. The number of thioether (sulfide) groups is 1. The molecule has 0 amide bonds. The van der Waals surface area contributed by atoms with E-state index in [1.807, 2.05) is 30.3 Å². The number of hydrogen-bond acceptors (Lipinski definition) is 6. The van der Waals surface area contributed by atoms with Gasteiger partial charge in [0.25, 0.3) is 0 Å². The minimum Gasteiger partial charge on any atom is -0.493 e. The fourth-order valence-corrected chi connectivity index (χ4v) is 3.60. The molecule has 5 nitrogen and oxygen atoms in total. The Morgan fingerprint density at radius 1 is 1.00 bits per heavy atom. The molecule has 0 unspecified atom stereocenters. The minimum atomic E-state index is 0.276. The van der Waals surface area contributed by atoms with Gasteiger partial charge in [0.15, 0.2) is 23.0 Å². The van der Waals surface area contributed by atoms with E-state index in [0.29, 0.717) is 6.54 Å². The van der Waals surface area contributed by atoms with Crippen molar-refractivity contribution in [2.24, 2.45) is 4.99 Å². The number of ether oxygens (including phenoxy) is 4. The van der Waals surface area contributed by atoms with Crippen LogP contribution in [0.4, 0.5) is 0 Å². The Morgan fingerprint density at radius 2 is 1.78 bits per heavy atom. The summed E-state index contributed by atoms with van der Waals surface area (Å²) < 4.78 is 21.5. The van der Waals surface area contributed by atoms with Crippen molar-refractivity contribution in [1.29, 1.82) is 0 Å². The van der Waals surface area contributed by atoms with Gasteiger partial charge in [0.1, 0.15) is 5.04 Å². The summed E-state index contributed by atoms with van der Waals surface area (Å²) in [5.41, 5.74) is 2.16. The van der Waals surface area contributed by atoms with Crippen molar-refractivity contribution < 1.29 is 18.9 Å². The van der Waals surface area contributed by atoms with E-state index >= 15 is 0 Å². The smallest absolute Gasteiger partial charge is 0.231 e. The predicted molar refractivity (Wildman–Crippen MR) is 88.2 cm³/mol. The first kappa shape index (κ1) is 14.3. The van der Waals surface area contributed by atoms with Crippen LogP contribution >= 0.6 is 11.8 Å². The zero-order chi connectivity index (χ0) is 15.8. The van der Waals surface area contributed by atoms with Crippen LogP contribution in [0, 0.1) is 0 Å². The molecule has 0 radical (unpaired) electrons. The summed E-state index contributed by atoms with van der Waals surface area (Å²) in [7, 11) is 3.28. The average molecular weight is 329 g/mol. The molecule has 0 N–H and O–H groups in total. The highest BCUT2D eigenvalue weighted by molar-refractivity contribution is 8.14. The largest absolute Gasteiger partial charge is 0.493 e. The van der Waals surface area contributed by atoms with Crippen molar-refractivity contribution in [1.82, 2.24) is 0 Å². The summed E-state index contributed by atoms with van der Waals surface area (Å²) in [4.78, 5) is 5.81. The van der Waals surface area contributed by atoms with Crippen molar-refractivity contribution in [3.63, 3.8) is 0 Å². The molecule has 2 aromatic carbocycles. The van der Waals surface area contributed by atoms with Crippen molar-refractivity contribution >= 4 is 16.8 Å². The van der Waals surface area contributed by atoms with Gasteiger partial charge in [-0.2, -0.15) is 0 Å². The lowest BCUT2D eigenvalue weighted by molar-refractivity contribution is 0.174. The first-order chi connectivity index (χ1) is 11.3. The molecule has 0 aliphatic carbocycles. The molecule has 4 rings (SSSR count). The summed E-state index contributed by atoms with van der Waals surface area (Å²) in [6, 6.07) is 9.89. The van der Waals surface area contributed by atoms with E-state index in [-0.39, 0.29) is 6.79 Å². The third-order valence-electron chi connectivity index (χ3n) is 3.79. The molecular formula is C17H15NO4S. The number of rotatable bonds is 3. The molecule has 0 fully saturated rings. The van der Waals surface area contributed by atoms with E-state index in [2.05, 4.69) is 4.99 Å². The van der Waals surface area contributed by atoms with Crippen molar-refractivity contribution in [3.8, 4) is 23.0 Å². The van der Waals surface area contributed by atoms with Gasteiger partial charge in [-0.3, -0.25) is 4.99 Å². The van der Waals surface area contributed by atoms with Crippen molar-refractivity contribution in [2.75, 3.05) is 21.0 Å². The molecule has 2 aromatic rings. The first-order valence-corrected chi connectivity index (χ1v) is 7.97. The van der Waals surface area contributed by atoms with Gasteiger partial charge in [-0.15, -0.1) is 0 Å². The zero-order valence-electron chi connectivity index (χ0n) is 12.8. The average Bonchev–Trinajstić information content (AvgIpc) is 3.07. The Labute approximate surface area is 138 Å². The van der Waals surface area contributed by atoms with Crippen LogP contribution in [0.15, 0.2) is 40.2 Å². The minimum absolute atomic E-state index is 0.276. The second-order valence-electron chi connectivity index (χ2n) is 5.11. The molecule has 2 aliphatic heterocycles. The van der Waals surface area contributed by atoms with E-state index in [0.717, 1.165) is 44.1 Å². The number of aliphatic imine (C=N–C) groups is 1. The standard InChI is InChI=1S/C17H15NO4S/c1-19-13-6-11-8-18-17(23-16(11)7-14(13)20-2)10-3-4-12-15(5-10)22-9-21-12/h3-7H,8-9H2,1-2H3. The summed E-state index contributed by atoms with van der Waals surface area (Å²) in [5, 5.41) is 0.961. The Hall–Kier alpha value is -2.34. The highest BCUT2D eigenvalue weighted by Crippen LogP contribution is 2.41. The fourth-order valence-electron chi connectivity index (χ4n) is 2.59.